The van der Waals surface area contributed by atoms with Crippen LogP contribution >= 0.6 is 0 Å². The molecule has 0 saturated heterocycles. The van der Waals surface area contributed by atoms with Crippen molar-refractivity contribution < 1.29 is 9.90 Å². The molecule has 8 bridgehead atoms. The summed E-state index contributed by atoms with van der Waals surface area (Å²) < 4.78 is 0. The normalized spacial score (nSPS) is 49.0. The predicted octanol–water partition coefficient (Wildman–Crippen LogP) is 6.28. The van der Waals surface area contributed by atoms with Gasteiger partial charge in [0, 0.05) is 5.56 Å². The molecule has 1 N–H and O–H groups in total. The number of carbonyl (C=O) groups is 1. The summed E-state index contributed by atoms with van der Waals surface area (Å²) in [6, 6.07) is 4.22. The zero-order valence-electron chi connectivity index (χ0n) is 17.4. The molecular weight excluding hydrogens is 356 g/mol. The summed E-state index contributed by atoms with van der Waals surface area (Å²) in [6.45, 7) is 0. The standard InChI is InChI=1S/C27H34O2/c28-13-18-1-2-23(24-19-5-14-3-15(7-19)8-20(24)6-14)26(27(18)29)25-21-9-16-4-17(11-21)12-22(25)10-16/h1-2,13-17,19-22,24-25,29H,3-12H2. The summed E-state index contributed by atoms with van der Waals surface area (Å²) in [4.78, 5) is 11.7. The molecule has 0 aliphatic heterocycles. The third-order valence-corrected chi connectivity index (χ3v) is 10.6. The fourth-order valence-electron chi connectivity index (χ4n) is 10.2. The summed E-state index contributed by atoms with van der Waals surface area (Å²) in [5.41, 5.74) is 3.25. The molecule has 0 atom stereocenters. The number of hydrogen-bond donors (Lipinski definition) is 1. The first-order valence-electron chi connectivity index (χ1n) is 12.5. The Morgan fingerprint density at radius 1 is 0.655 bits per heavy atom. The van der Waals surface area contributed by atoms with Crippen molar-refractivity contribution in [1.82, 2.24) is 0 Å². The number of hydrogen-bond acceptors (Lipinski definition) is 2. The van der Waals surface area contributed by atoms with Crippen LogP contribution in [0.15, 0.2) is 12.1 Å². The molecule has 0 radical (unpaired) electrons. The maximum absolute atomic E-state index is 11.7. The molecule has 29 heavy (non-hydrogen) atoms. The van der Waals surface area contributed by atoms with Crippen LogP contribution in [0.1, 0.15) is 97.5 Å². The molecule has 8 aliphatic rings. The second-order valence-corrected chi connectivity index (χ2v) is 12.0. The quantitative estimate of drug-likeness (QED) is 0.616. The van der Waals surface area contributed by atoms with Gasteiger partial charge in [0.2, 0.25) is 0 Å². The van der Waals surface area contributed by atoms with E-state index in [2.05, 4.69) is 6.07 Å². The van der Waals surface area contributed by atoms with Crippen LogP contribution in [0, 0.1) is 47.3 Å². The van der Waals surface area contributed by atoms with Gasteiger partial charge in [0.15, 0.2) is 6.29 Å². The number of benzene rings is 1. The number of aromatic hydroxyl groups is 1. The van der Waals surface area contributed by atoms with Gasteiger partial charge in [-0.3, -0.25) is 4.79 Å². The highest BCUT2D eigenvalue weighted by molar-refractivity contribution is 5.80. The topological polar surface area (TPSA) is 37.3 Å². The van der Waals surface area contributed by atoms with Crippen LogP contribution in [0.25, 0.3) is 0 Å². The Labute approximate surface area is 174 Å². The Kier molecular flexibility index (Phi) is 3.66. The highest BCUT2D eigenvalue weighted by atomic mass is 16.3. The van der Waals surface area contributed by atoms with Crippen LogP contribution in [0.4, 0.5) is 0 Å². The van der Waals surface area contributed by atoms with Crippen LogP contribution in [-0.2, 0) is 0 Å². The smallest absolute Gasteiger partial charge is 0.153 e. The van der Waals surface area contributed by atoms with E-state index in [1.807, 2.05) is 6.07 Å². The van der Waals surface area contributed by atoms with Crippen LogP contribution in [0.5, 0.6) is 5.75 Å². The number of aldehydes is 1. The Morgan fingerprint density at radius 3 is 1.55 bits per heavy atom. The van der Waals surface area contributed by atoms with E-state index in [0.29, 0.717) is 23.1 Å². The predicted molar refractivity (Wildman–Crippen MR) is 113 cm³/mol. The van der Waals surface area contributed by atoms with Crippen LogP contribution in [0.3, 0.4) is 0 Å². The van der Waals surface area contributed by atoms with Crippen molar-refractivity contribution in [2.45, 2.75) is 76.0 Å². The van der Waals surface area contributed by atoms with Gasteiger partial charge in [0.05, 0.1) is 5.56 Å². The van der Waals surface area contributed by atoms with E-state index >= 15 is 0 Å². The van der Waals surface area contributed by atoms with E-state index in [1.54, 1.807) is 0 Å². The molecule has 0 amide bonds. The van der Waals surface area contributed by atoms with E-state index in [9.17, 15) is 9.90 Å². The zero-order chi connectivity index (χ0) is 19.3. The third-order valence-electron chi connectivity index (χ3n) is 10.6. The fourth-order valence-corrected chi connectivity index (χ4v) is 10.2. The first-order chi connectivity index (χ1) is 14.2. The Hall–Kier alpha value is -1.31. The van der Waals surface area contributed by atoms with Gasteiger partial charge >= 0.3 is 0 Å². The lowest BCUT2D eigenvalue weighted by atomic mass is 9.48. The number of carbonyl (C=O) groups excluding carboxylic acids is 1. The Balaban J connectivity index is 1.35. The molecular formula is C27H34O2. The average Bonchev–Trinajstić information content (AvgIpc) is 2.68. The SMILES string of the molecule is O=Cc1ccc(C2C3CC4CC(C3)CC2C4)c(C2C3CC4CC(C3)CC2C4)c1O. The first kappa shape index (κ1) is 17.4. The molecule has 8 fully saturated rings. The molecule has 8 aliphatic carbocycles. The van der Waals surface area contributed by atoms with Gasteiger partial charge in [-0.1, -0.05) is 6.07 Å². The first-order valence-corrected chi connectivity index (χ1v) is 12.5. The second-order valence-electron chi connectivity index (χ2n) is 12.0. The minimum absolute atomic E-state index is 0.365. The number of phenolic OH excluding ortho intramolecular Hbond substituents is 1. The molecule has 9 rings (SSSR count). The molecule has 154 valence electrons. The van der Waals surface area contributed by atoms with E-state index in [-0.39, 0.29) is 0 Å². The van der Waals surface area contributed by atoms with Crippen molar-refractivity contribution in [1.29, 1.82) is 0 Å². The highest BCUT2D eigenvalue weighted by Gasteiger charge is 2.53. The monoisotopic (exact) mass is 390 g/mol. The Morgan fingerprint density at radius 2 is 1.10 bits per heavy atom. The van der Waals surface area contributed by atoms with Gasteiger partial charge in [0.1, 0.15) is 5.75 Å². The number of phenols is 1. The third kappa shape index (κ3) is 2.44. The zero-order valence-corrected chi connectivity index (χ0v) is 17.4. The van der Waals surface area contributed by atoms with Crippen molar-refractivity contribution in [2.75, 3.05) is 0 Å². The van der Waals surface area contributed by atoms with Crippen molar-refractivity contribution in [3.63, 3.8) is 0 Å². The molecule has 2 heteroatoms. The minimum atomic E-state index is 0.365. The minimum Gasteiger partial charge on any atom is -0.507 e. The van der Waals surface area contributed by atoms with Gasteiger partial charge in [-0.25, -0.2) is 0 Å². The van der Waals surface area contributed by atoms with Gasteiger partial charge in [0.25, 0.3) is 0 Å². The van der Waals surface area contributed by atoms with Crippen molar-refractivity contribution in [3.05, 3.63) is 28.8 Å². The van der Waals surface area contributed by atoms with E-state index in [1.165, 1.54) is 75.3 Å². The van der Waals surface area contributed by atoms with E-state index in [0.717, 1.165) is 53.6 Å². The summed E-state index contributed by atoms with van der Waals surface area (Å²) in [6.07, 6.45) is 14.9. The van der Waals surface area contributed by atoms with E-state index in [4.69, 9.17) is 0 Å². The fraction of sp³-hybridized carbons (Fsp3) is 0.741. The molecule has 1 aromatic carbocycles. The lowest BCUT2D eigenvalue weighted by Crippen LogP contribution is -2.46. The van der Waals surface area contributed by atoms with Crippen molar-refractivity contribution in [3.8, 4) is 5.75 Å². The average molecular weight is 391 g/mol. The van der Waals surface area contributed by atoms with Gasteiger partial charge < -0.3 is 5.11 Å². The molecule has 0 heterocycles. The second kappa shape index (κ2) is 6.11. The van der Waals surface area contributed by atoms with Crippen LogP contribution in [0.2, 0.25) is 0 Å². The molecule has 0 spiro atoms. The van der Waals surface area contributed by atoms with Crippen molar-refractivity contribution in [2.24, 2.45) is 47.3 Å². The highest BCUT2D eigenvalue weighted by Crippen LogP contribution is 2.65. The molecule has 2 nitrogen and oxygen atoms in total. The summed E-state index contributed by atoms with van der Waals surface area (Å²) >= 11 is 0. The molecule has 0 unspecified atom stereocenters. The lowest BCUT2D eigenvalue weighted by Gasteiger charge is -2.57. The van der Waals surface area contributed by atoms with Gasteiger partial charge in [-0.15, -0.1) is 0 Å². The van der Waals surface area contributed by atoms with Crippen LogP contribution in [-0.4, -0.2) is 11.4 Å². The summed E-state index contributed by atoms with van der Waals surface area (Å²) in [7, 11) is 0. The molecule has 8 saturated carbocycles. The molecule has 0 aromatic heterocycles. The van der Waals surface area contributed by atoms with Gasteiger partial charge in [-0.2, -0.15) is 0 Å². The van der Waals surface area contributed by atoms with Gasteiger partial charge in [-0.05, 0) is 135 Å². The summed E-state index contributed by atoms with van der Waals surface area (Å²) in [5.74, 6) is 8.48. The number of rotatable bonds is 3. The molecule has 1 aromatic rings. The van der Waals surface area contributed by atoms with E-state index < -0.39 is 0 Å². The maximum atomic E-state index is 11.7. The summed E-state index contributed by atoms with van der Waals surface area (Å²) in [5, 5.41) is 11.4. The largest absolute Gasteiger partial charge is 0.507 e. The van der Waals surface area contributed by atoms with Crippen LogP contribution < -0.4 is 0 Å². The maximum Gasteiger partial charge on any atom is 0.153 e. The Bertz CT molecular complexity index is 798. The van der Waals surface area contributed by atoms with Crippen molar-refractivity contribution >= 4 is 6.29 Å². The lowest BCUT2D eigenvalue weighted by molar-refractivity contribution is -0.0117.